The summed E-state index contributed by atoms with van der Waals surface area (Å²) >= 11 is 0. The van der Waals surface area contributed by atoms with E-state index in [0.717, 1.165) is 19.4 Å². The molecular formula is C9H20N2O. The van der Waals surface area contributed by atoms with E-state index in [1.807, 2.05) is 0 Å². The molecule has 1 aliphatic heterocycles. The van der Waals surface area contributed by atoms with Gasteiger partial charge in [-0.1, -0.05) is 0 Å². The number of rotatable bonds is 5. The van der Waals surface area contributed by atoms with E-state index in [2.05, 4.69) is 4.90 Å². The van der Waals surface area contributed by atoms with Gasteiger partial charge >= 0.3 is 0 Å². The molecule has 1 saturated heterocycles. The quantitative estimate of drug-likeness (QED) is 0.622. The van der Waals surface area contributed by atoms with Crippen molar-refractivity contribution in [2.45, 2.75) is 31.7 Å². The van der Waals surface area contributed by atoms with Gasteiger partial charge in [0.1, 0.15) is 0 Å². The topological polar surface area (TPSA) is 49.5 Å². The Morgan fingerprint density at radius 2 is 2.00 bits per heavy atom. The van der Waals surface area contributed by atoms with Gasteiger partial charge in [-0.05, 0) is 45.3 Å². The van der Waals surface area contributed by atoms with Gasteiger partial charge in [0, 0.05) is 6.04 Å². The predicted molar refractivity (Wildman–Crippen MR) is 50.0 cm³/mol. The molecule has 0 amide bonds. The largest absolute Gasteiger partial charge is 0.395 e. The summed E-state index contributed by atoms with van der Waals surface area (Å²) in [6, 6.07) is -0.00685. The van der Waals surface area contributed by atoms with Crippen LogP contribution >= 0.6 is 0 Å². The summed E-state index contributed by atoms with van der Waals surface area (Å²) in [5.41, 5.74) is 5.59. The van der Waals surface area contributed by atoms with Crippen LogP contribution in [-0.2, 0) is 0 Å². The Kier molecular flexibility index (Phi) is 4.58. The lowest BCUT2D eigenvalue weighted by atomic mass is 10.2. The fourth-order valence-electron chi connectivity index (χ4n) is 1.67. The van der Waals surface area contributed by atoms with E-state index in [-0.39, 0.29) is 12.6 Å². The molecule has 0 bridgehead atoms. The first-order valence-corrected chi connectivity index (χ1v) is 4.91. The third-order valence-corrected chi connectivity index (χ3v) is 2.48. The Labute approximate surface area is 74.5 Å². The lowest BCUT2D eigenvalue weighted by Crippen LogP contribution is -2.27. The molecule has 3 heteroatoms. The van der Waals surface area contributed by atoms with Gasteiger partial charge in [-0.2, -0.15) is 0 Å². The van der Waals surface area contributed by atoms with Crippen LogP contribution in [0.2, 0.25) is 0 Å². The van der Waals surface area contributed by atoms with Crippen LogP contribution in [0.15, 0.2) is 0 Å². The first-order valence-electron chi connectivity index (χ1n) is 4.91. The van der Waals surface area contributed by atoms with Gasteiger partial charge in [0.2, 0.25) is 0 Å². The molecule has 1 atom stereocenters. The highest BCUT2D eigenvalue weighted by Gasteiger charge is 2.10. The Balaban J connectivity index is 1.94. The third-order valence-electron chi connectivity index (χ3n) is 2.48. The molecule has 0 spiro atoms. The first-order chi connectivity index (χ1) is 5.83. The monoisotopic (exact) mass is 172 g/mol. The van der Waals surface area contributed by atoms with Gasteiger partial charge in [-0.15, -0.1) is 0 Å². The predicted octanol–water partition coefficient (Wildman–Crippen LogP) is 0.182. The minimum atomic E-state index is -0.00685. The standard InChI is InChI=1S/C9H20N2O/c10-9(8-12)4-3-7-11-5-1-2-6-11/h9,12H,1-8,10H2. The fraction of sp³-hybridized carbons (Fsp3) is 1.00. The van der Waals surface area contributed by atoms with Gasteiger partial charge < -0.3 is 15.7 Å². The number of likely N-dealkylation sites (tertiary alicyclic amines) is 1. The van der Waals surface area contributed by atoms with Crippen molar-refractivity contribution >= 4 is 0 Å². The SMILES string of the molecule is NC(CO)CCCN1CCCC1. The zero-order chi connectivity index (χ0) is 8.81. The fourth-order valence-corrected chi connectivity index (χ4v) is 1.67. The average Bonchev–Trinajstić information content (AvgIpc) is 2.57. The molecule has 0 radical (unpaired) electrons. The highest BCUT2D eigenvalue weighted by molar-refractivity contribution is 4.67. The van der Waals surface area contributed by atoms with E-state index in [0.29, 0.717) is 0 Å². The van der Waals surface area contributed by atoms with E-state index in [4.69, 9.17) is 10.8 Å². The summed E-state index contributed by atoms with van der Waals surface area (Å²) in [5.74, 6) is 0. The van der Waals surface area contributed by atoms with E-state index in [1.54, 1.807) is 0 Å². The van der Waals surface area contributed by atoms with Crippen LogP contribution in [0.1, 0.15) is 25.7 Å². The van der Waals surface area contributed by atoms with Crippen LogP contribution < -0.4 is 5.73 Å². The summed E-state index contributed by atoms with van der Waals surface area (Å²) in [6.45, 7) is 3.80. The van der Waals surface area contributed by atoms with Crippen LogP contribution in [0, 0.1) is 0 Å². The highest BCUT2D eigenvalue weighted by Crippen LogP contribution is 2.08. The summed E-state index contributed by atoms with van der Waals surface area (Å²) in [7, 11) is 0. The van der Waals surface area contributed by atoms with Gasteiger partial charge in [0.15, 0.2) is 0 Å². The maximum atomic E-state index is 8.69. The minimum absolute atomic E-state index is 0.00685. The third kappa shape index (κ3) is 3.52. The van der Waals surface area contributed by atoms with E-state index in [1.165, 1.54) is 25.9 Å². The second-order valence-electron chi connectivity index (χ2n) is 3.63. The lowest BCUT2D eigenvalue weighted by Gasteiger charge is -2.15. The number of aliphatic hydroxyl groups is 1. The molecule has 0 aliphatic carbocycles. The Morgan fingerprint density at radius 1 is 1.33 bits per heavy atom. The van der Waals surface area contributed by atoms with Crippen molar-refractivity contribution in [2.24, 2.45) is 5.73 Å². The van der Waals surface area contributed by atoms with Gasteiger partial charge in [-0.3, -0.25) is 0 Å². The summed E-state index contributed by atoms with van der Waals surface area (Å²) in [6.07, 6.45) is 4.78. The molecule has 72 valence electrons. The van der Waals surface area contributed by atoms with Crippen LogP contribution in [0.25, 0.3) is 0 Å². The number of nitrogens with zero attached hydrogens (tertiary/aromatic N) is 1. The molecule has 0 aromatic heterocycles. The summed E-state index contributed by atoms with van der Waals surface area (Å²) in [5, 5.41) is 8.69. The summed E-state index contributed by atoms with van der Waals surface area (Å²) in [4.78, 5) is 2.48. The molecule has 1 heterocycles. The van der Waals surface area contributed by atoms with Crippen molar-refractivity contribution in [3.05, 3.63) is 0 Å². The number of nitrogens with two attached hydrogens (primary N) is 1. The molecule has 0 aromatic rings. The molecule has 1 unspecified atom stereocenters. The second-order valence-corrected chi connectivity index (χ2v) is 3.63. The molecule has 3 nitrogen and oxygen atoms in total. The van der Waals surface area contributed by atoms with Crippen LogP contribution in [0.5, 0.6) is 0 Å². The van der Waals surface area contributed by atoms with E-state index < -0.39 is 0 Å². The zero-order valence-corrected chi connectivity index (χ0v) is 7.71. The van der Waals surface area contributed by atoms with Crippen molar-refractivity contribution in [1.29, 1.82) is 0 Å². The molecule has 1 aliphatic rings. The molecule has 0 saturated carbocycles. The maximum Gasteiger partial charge on any atom is 0.0582 e. The number of hydrogen-bond donors (Lipinski definition) is 2. The van der Waals surface area contributed by atoms with Crippen molar-refractivity contribution in [1.82, 2.24) is 4.90 Å². The van der Waals surface area contributed by atoms with Gasteiger partial charge in [-0.25, -0.2) is 0 Å². The zero-order valence-electron chi connectivity index (χ0n) is 7.71. The van der Waals surface area contributed by atoms with Crippen LogP contribution in [0.4, 0.5) is 0 Å². The Bertz CT molecular complexity index is 113. The molecule has 1 rings (SSSR count). The smallest absolute Gasteiger partial charge is 0.0582 e. The van der Waals surface area contributed by atoms with Crippen molar-refractivity contribution in [2.75, 3.05) is 26.2 Å². The Hall–Kier alpha value is -0.120. The molecule has 3 N–H and O–H groups in total. The average molecular weight is 172 g/mol. The molecule has 1 fully saturated rings. The number of hydrogen-bond acceptors (Lipinski definition) is 3. The van der Waals surface area contributed by atoms with Crippen LogP contribution in [-0.4, -0.2) is 42.3 Å². The van der Waals surface area contributed by atoms with Gasteiger partial charge in [0.25, 0.3) is 0 Å². The second kappa shape index (κ2) is 5.51. The lowest BCUT2D eigenvalue weighted by molar-refractivity contribution is 0.249. The van der Waals surface area contributed by atoms with Crippen LogP contribution in [0.3, 0.4) is 0 Å². The van der Waals surface area contributed by atoms with E-state index in [9.17, 15) is 0 Å². The molecule has 0 aromatic carbocycles. The normalized spacial score (nSPS) is 21.5. The minimum Gasteiger partial charge on any atom is -0.395 e. The van der Waals surface area contributed by atoms with E-state index >= 15 is 0 Å². The molecular weight excluding hydrogens is 152 g/mol. The van der Waals surface area contributed by atoms with Crippen molar-refractivity contribution in [3.63, 3.8) is 0 Å². The highest BCUT2D eigenvalue weighted by atomic mass is 16.3. The molecule has 12 heavy (non-hydrogen) atoms. The summed E-state index contributed by atoms with van der Waals surface area (Å²) < 4.78 is 0. The first kappa shape index (κ1) is 9.96. The van der Waals surface area contributed by atoms with Gasteiger partial charge in [0.05, 0.1) is 6.61 Å². The van der Waals surface area contributed by atoms with Crippen molar-refractivity contribution in [3.8, 4) is 0 Å². The Morgan fingerprint density at radius 3 is 2.58 bits per heavy atom. The van der Waals surface area contributed by atoms with Crippen molar-refractivity contribution < 1.29 is 5.11 Å². The number of aliphatic hydroxyl groups excluding tert-OH is 1. The maximum absolute atomic E-state index is 8.69.